The Morgan fingerprint density at radius 2 is 1.87 bits per heavy atom. The first-order chi connectivity index (χ1) is 14.7. The third-order valence-electron chi connectivity index (χ3n) is 5.04. The SMILES string of the molecule is CCOC(=O)c1[nH]nnc1Sc1ccc(-c2ccc(N3CCCCC3)c(Cl)c2)cc1. The van der Waals surface area contributed by atoms with E-state index in [0.717, 1.165) is 39.8 Å². The van der Waals surface area contributed by atoms with E-state index in [1.54, 1.807) is 6.92 Å². The Kier molecular flexibility index (Phi) is 6.59. The Bertz CT molecular complexity index is 1020. The van der Waals surface area contributed by atoms with Crippen LogP contribution < -0.4 is 4.90 Å². The van der Waals surface area contributed by atoms with Crippen molar-refractivity contribution in [3.63, 3.8) is 0 Å². The molecule has 0 unspecified atom stereocenters. The predicted octanol–water partition coefficient (Wildman–Crippen LogP) is 5.44. The van der Waals surface area contributed by atoms with Gasteiger partial charge in [0.05, 0.1) is 17.3 Å². The van der Waals surface area contributed by atoms with Crippen molar-refractivity contribution in [1.82, 2.24) is 15.4 Å². The molecule has 0 saturated carbocycles. The summed E-state index contributed by atoms with van der Waals surface area (Å²) >= 11 is 7.97. The van der Waals surface area contributed by atoms with Gasteiger partial charge in [0.15, 0.2) is 10.7 Å². The average Bonchev–Trinajstić information content (AvgIpc) is 3.23. The Morgan fingerprint density at radius 1 is 1.13 bits per heavy atom. The van der Waals surface area contributed by atoms with Crippen LogP contribution in [0.3, 0.4) is 0 Å². The summed E-state index contributed by atoms with van der Waals surface area (Å²) in [5, 5.41) is 11.6. The second-order valence-corrected chi connectivity index (χ2v) is 8.52. The van der Waals surface area contributed by atoms with Crippen molar-refractivity contribution < 1.29 is 9.53 Å². The first-order valence-electron chi connectivity index (χ1n) is 10.1. The standard InChI is InChI=1S/C22H23ClN4O2S/c1-2-29-22(28)20-21(25-26-24-20)30-17-9-6-15(7-10-17)16-8-11-19(18(23)14-16)27-12-4-3-5-13-27/h6-11,14H,2-5,12-13H2,1H3,(H,24,25,26). The van der Waals surface area contributed by atoms with Crippen LogP contribution in [0.4, 0.5) is 5.69 Å². The molecule has 156 valence electrons. The minimum Gasteiger partial charge on any atom is -0.461 e. The molecule has 0 atom stereocenters. The number of hydrogen-bond donors (Lipinski definition) is 1. The summed E-state index contributed by atoms with van der Waals surface area (Å²) in [6.45, 7) is 4.20. The highest BCUT2D eigenvalue weighted by atomic mass is 35.5. The largest absolute Gasteiger partial charge is 0.461 e. The van der Waals surface area contributed by atoms with Crippen LogP contribution >= 0.6 is 23.4 Å². The fourth-order valence-corrected chi connectivity index (χ4v) is 4.64. The minimum absolute atomic E-state index is 0.269. The second kappa shape index (κ2) is 9.53. The Balaban J connectivity index is 1.48. The lowest BCUT2D eigenvalue weighted by atomic mass is 10.0. The summed E-state index contributed by atoms with van der Waals surface area (Å²) in [5.41, 5.74) is 3.54. The molecule has 30 heavy (non-hydrogen) atoms. The van der Waals surface area contributed by atoms with Crippen molar-refractivity contribution in [2.75, 3.05) is 24.6 Å². The maximum atomic E-state index is 12.0. The Labute approximate surface area is 185 Å². The fourth-order valence-electron chi connectivity index (χ4n) is 3.53. The lowest BCUT2D eigenvalue weighted by molar-refractivity contribution is 0.0515. The minimum atomic E-state index is -0.454. The van der Waals surface area contributed by atoms with E-state index >= 15 is 0 Å². The summed E-state index contributed by atoms with van der Waals surface area (Å²) in [6, 6.07) is 14.3. The summed E-state index contributed by atoms with van der Waals surface area (Å²) in [4.78, 5) is 15.3. The Hall–Kier alpha value is -2.51. The average molecular weight is 443 g/mol. The van der Waals surface area contributed by atoms with Crippen molar-refractivity contribution in [3.05, 3.63) is 53.2 Å². The molecule has 1 aliphatic rings. The van der Waals surface area contributed by atoms with Gasteiger partial charge in [-0.1, -0.05) is 46.8 Å². The zero-order valence-corrected chi connectivity index (χ0v) is 18.3. The van der Waals surface area contributed by atoms with E-state index in [1.165, 1.54) is 31.0 Å². The lowest BCUT2D eigenvalue weighted by Gasteiger charge is -2.29. The molecule has 0 radical (unpaired) electrons. The van der Waals surface area contributed by atoms with Gasteiger partial charge in [-0.25, -0.2) is 4.79 Å². The number of H-pyrrole nitrogens is 1. The molecule has 0 amide bonds. The van der Waals surface area contributed by atoms with E-state index in [1.807, 2.05) is 30.3 Å². The van der Waals surface area contributed by atoms with Crippen molar-refractivity contribution in [2.24, 2.45) is 0 Å². The van der Waals surface area contributed by atoms with Gasteiger partial charge in [-0.2, -0.15) is 0 Å². The number of nitrogens with one attached hydrogen (secondary N) is 1. The number of nitrogens with zero attached hydrogens (tertiary/aromatic N) is 3. The number of carbonyl (C=O) groups excluding carboxylic acids is 1. The number of carbonyl (C=O) groups is 1. The molecule has 1 fully saturated rings. The molecule has 8 heteroatoms. The van der Waals surface area contributed by atoms with Crippen LogP contribution in [-0.2, 0) is 4.74 Å². The number of halogens is 1. The third kappa shape index (κ3) is 4.63. The van der Waals surface area contributed by atoms with Crippen LogP contribution in [0.2, 0.25) is 5.02 Å². The maximum absolute atomic E-state index is 12.0. The molecular formula is C22H23ClN4O2S. The number of anilines is 1. The van der Waals surface area contributed by atoms with E-state index in [-0.39, 0.29) is 5.69 Å². The highest BCUT2D eigenvalue weighted by molar-refractivity contribution is 7.99. The van der Waals surface area contributed by atoms with Crippen molar-refractivity contribution >= 4 is 35.0 Å². The van der Waals surface area contributed by atoms with Gasteiger partial charge in [0.1, 0.15) is 0 Å². The van der Waals surface area contributed by atoms with Crippen LogP contribution in [0.25, 0.3) is 11.1 Å². The van der Waals surface area contributed by atoms with Gasteiger partial charge in [0, 0.05) is 18.0 Å². The lowest BCUT2D eigenvalue weighted by Crippen LogP contribution is -2.29. The van der Waals surface area contributed by atoms with Crippen LogP contribution in [0.5, 0.6) is 0 Å². The van der Waals surface area contributed by atoms with E-state index in [4.69, 9.17) is 16.3 Å². The molecule has 1 saturated heterocycles. The van der Waals surface area contributed by atoms with Gasteiger partial charge in [-0.05, 0) is 61.6 Å². The van der Waals surface area contributed by atoms with Gasteiger partial charge in [-0.15, -0.1) is 5.10 Å². The zero-order chi connectivity index (χ0) is 20.9. The monoisotopic (exact) mass is 442 g/mol. The number of ether oxygens (including phenoxy) is 1. The molecule has 0 bridgehead atoms. The molecule has 1 N–H and O–H groups in total. The molecule has 0 spiro atoms. The molecule has 0 aliphatic carbocycles. The van der Waals surface area contributed by atoms with Gasteiger partial charge in [-0.3, -0.25) is 5.10 Å². The summed E-state index contributed by atoms with van der Waals surface area (Å²) in [5.74, 6) is -0.454. The van der Waals surface area contributed by atoms with E-state index in [2.05, 4.69) is 32.4 Å². The normalized spacial score (nSPS) is 14.0. The van der Waals surface area contributed by atoms with Crippen LogP contribution in [-0.4, -0.2) is 41.1 Å². The molecule has 2 heterocycles. The van der Waals surface area contributed by atoms with Gasteiger partial charge >= 0.3 is 5.97 Å². The topological polar surface area (TPSA) is 71.1 Å². The molecule has 6 nitrogen and oxygen atoms in total. The van der Waals surface area contributed by atoms with Gasteiger partial charge in [0.2, 0.25) is 0 Å². The number of esters is 1. The van der Waals surface area contributed by atoms with Crippen molar-refractivity contribution in [3.8, 4) is 11.1 Å². The number of hydrogen-bond acceptors (Lipinski definition) is 6. The highest BCUT2D eigenvalue weighted by Gasteiger charge is 2.18. The van der Waals surface area contributed by atoms with Crippen molar-refractivity contribution in [1.29, 1.82) is 0 Å². The highest BCUT2D eigenvalue weighted by Crippen LogP contribution is 2.34. The smallest absolute Gasteiger partial charge is 0.359 e. The predicted molar refractivity (Wildman–Crippen MR) is 119 cm³/mol. The first kappa shape index (κ1) is 20.8. The summed E-state index contributed by atoms with van der Waals surface area (Å²) in [7, 11) is 0. The molecular weight excluding hydrogens is 420 g/mol. The summed E-state index contributed by atoms with van der Waals surface area (Å²) in [6.07, 6.45) is 3.74. The first-order valence-corrected chi connectivity index (χ1v) is 11.3. The molecule has 2 aromatic carbocycles. The number of benzene rings is 2. The summed E-state index contributed by atoms with van der Waals surface area (Å²) < 4.78 is 5.03. The molecule has 3 aromatic rings. The quantitative estimate of drug-likeness (QED) is 0.512. The van der Waals surface area contributed by atoms with Gasteiger partial charge < -0.3 is 9.64 Å². The third-order valence-corrected chi connectivity index (χ3v) is 6.33. The second-order valence-electron chi connectivity index (χ2n) is 7.05. The number of aromatic amines is 1. The Morgan fingerprint density at radius 3 is 2.57 bits per heavy atom. The fraction of sp³-hybridized carbons (Fsp3) is 0.318. The van der Waals surface area contributed by atoms with Crippen LogP contribution in [0, 0.1) is 0 Å². The van der Waals surface area contributed by atoms with Crippen LogP contribution in [0.1, 0.15) is 36.7 Å². The van der Waals surface area contributed by atoms with Crippen LogP contribution in [0.15, 0.2) is 52.4 Å². The molecule has 4 rings (SSSR count). The maximum Gasteiger partial charge on any atom is 0.359 e. The molecule has 1 aromatic heterocycles. The zero-order valence-electron chi connectivity index (χ0n) is 16.7. The van der Waals surface area contributed by atoms with E-state index < -0.39 is 5.97 Å². The van der Waals surface area contributed by atoms with E-state index in [9.17, 15) is 4.79 Å². The van der Waals surface area contributed by atoms with Crippen molar-refractivity contribution in [2.45, 2.75) is 36.1 Å². The van der Waals surface area contributed by atoms with Gasteiger partial charge in [0.25, 0.3) is 0 Å². The number of piperidine rings is 1. The van der Waals surface area contributed by atoms with E-state index in [0.29, 0.717) is 11.6 Å². The molecule has 1 aliphatic heterocycles. The number of aromatic nitrogens is 3. The number of rotatable bonds is 6.